The predicted molar refractivity (Wildman–Crippen MR) is 97.7 cm³/mol. The Morgan fingerprint density at radius 3 is 2.85 bits per heavy atom. The summed E-state index contributed by atoms with van der Waals surface area (Å²) in [6.45, 7) is 2.52. The van der Waals surface area contributed by atoms with Crippen LogP contribution < -0.4 is 0 Å². The van der Waals surface area contributed by atoms with E-state index in [1.807, 2.05) is 30.3 Å². The van der Waals surface area contributed by atoms with Gasteiger partial charge in [0.15, 0.2) is 5.69 Å². The van der Waals surface area contributed by atoms with Crippen molar-refractivity contribution in [3.63, 3.8) is 0 Å². The molecule has 27 heavy (non-hydrogen) atoms. The third-order valence-electron chi connectivity index (χ3n) is 4.99. The molecule has 0 unspecified atom stereocenters. The average Bonchev–Trinajstić information content (AvgIpc) is 3.08. The summed E-state index contributed by atoms with van der Waals surface area (Å²) < 4.78 is 1.61. The van der Waals surface area contributed by atoms with Gasteiger partial charge in [-0.05, 0) is 31.9 Å². The quantitative estimate of drug-likeness (QED) is 0.762. The number of carboxylic acid groups (broad SMARTS) is 1. The summed E-state index contributed by atoms with van der Waals surface area (Å²) in [6, 6.07) is 9.58. The molecule has 0 saturated carbocycles. The molecule has 1 amide bonds. The van der Waals surface area contributed by atoms with Crippen molar-refractivity contribution in [2.75, 3.05) is 13.1 Å². The van der Waals surface area contributed by atoms with Gasteiger partial charge in [0, 0.05) is 24.7 Å². The first-order valence-electron chi connectivity index (χ1n) is 8.85. The van der Waals surface area contributed by atoms with E-state index >= 15 is 0 Å². The van der Waals surface area contributed by atoms with Crippen molar-refractivity contribution in [2.45, 2.75) is 19.8 Å². The number of carbonyl (C=O) groups excluding carboxylic acids is 1. The second-order valence-corrected chi connectivity index (χ2v) is 6.72. The van der Waals surface area contributed by atoms with Crippen LogP contribution in [0.3, 0.4) is 0 Å². The third kappa shape index (κ3) is 3.03. The molecule has 0 radical (unpaired) electrons. The standard InChI is InChI=1S/C19H19N5O3/c1-12-16(18(25)23-10-4-7-14(11-23)19(26)27)21-22-24(12)15-8-2-5-13-6-3-9-20-17(13)15/h2-3,5-6,8-9,14H,4,7,10-11H2,1H3,(H,26,27)/t14-/m0/s1. The van der Waals surface area contributed by atoms with Gasteiger partial charge in [-0.2, -0.15) is 0 Å². The summed E-state index contributed by atoms with van der Waals surface area (Å²) in [5.74, 6) is -1.67. The Kier molecular flexibility index (Phi) is 4.31. The van der Waals surface area contributed by atoms with Crippen LogP contribution in [0.25, 0.3) is 16.6 Å². The number of piperidine rings is 1. The molecule has 8 nitrogen and oxygen atoms in total. The van der Waals surface area contributed by atoms with Crippen molar-refractivity contribution in [2.24, 2.45) is 5.92 Å². The summed E-state index contributed by atoms with van der Waals surface area (Å²) in [5, 5.41) is 18.5. The zero-order valence-corrected chi connectivity index (χ0v) is 14.9. The van der Waals surface area contributed by atoms with Gasteiger partial charge in [-0.25, -0.2) is 4.68 Å². The molecule has 0 aliphatic carbocycles. The fourth-order valence-corrected chi connectivity index (χ4v) is 3.53. The largest absolute Gasteiger partial charge is 0.481 e. The Labute approximate surface area is 155 Å². The molecule has 138 valence electrons. The number of rotatable bonds is 3. The van der Waals surface area contributed by atoms with Crippen LogP contribution >= 0.6 is 0 Å². The summed E-state index contributed by atoms with van der Waals surface area (Å²) >= 11 is 0. The zero-order valence-electron chi connectivity index (χ0n) is 14.9. The minimum atomic E-state index is -0.866. The van der Waals surface area contributed by atoms with E-state index in [0.717, 1.165) is 16.6 Å². The number of carbonyl (C=O) groups is 2. The lowest BCUT2D eigenvalue weighted by atomic mass is 9.98. The number of pyridine rings is 1. The molecule has 1 fully saturated rings. The number of aromatic nitrogens is 4. The highest BCUT2D eigenvalue weighted by Gasteiger charge is 2.31. The molecule has 3 aromatic rings. The van der Waals surface area contributed by atoms with Gasteiger partial charge in [-0.3, -0.25) is 14.6 Å². The molecule has 1 saturated heterocycles. The van der Waals surface area contributed by atoms with Crippen LogP contribution in [-0.4, -0.2) is 55.0 Å². The lowest BCUT2D eigenvalue weighted by Crippen LogP contribution is -2.42. The summed E-state index contributed by atoms with van der Waals surface area (Å²) in [7, 11) is 0. The molecule has 1 atom stereocenters. The first-order valence-corrected chi connectivity index (χ1v) is 8.85. The Hall–Kier alpha value is -3.29. The average molecular weight is 365 g/mol. The number of fused-ring (bicyclic) bond motifs is 1. The predicted octanol–water partition coefficient (Wildman–Crippen LogP) is 2.06. The number of amides is 1. The highest BCUT2D eigenvalue weighted by Crippen LogP contribution is 2.23. The minimum absolute atomic E-state index is 0.205. The molecule has 1 N–H and O–H groups in total. The SMILES string of the molecule is Cc1c(C(=O)N2CCC[C@H](C(=O)O)C2)nnn1-c1cccc2cccnc12. The van der Waals surface area contributed by atoms with Crippen molar-refractivity contribution in [3.05, 3.63) is 47.9 Å². The van der Waals surface area contributed by atoms with E-state index in [0.29, 0.717) is 25.1 Å². The van der Waals surface area contributed by atoms with Gasteiger partial charge in [-0.1, -0.05) is 23.4 Å². The van der Waals surface area contributed by atoms with Crippen LogP contribution in [0, 0.1) is 12.8 Å². The first-order chi connectivity index (χ1) is 13.1. The van der Waals surface area contributed by atoms with E-state index in [4.69, 9.17) is 0 Å². The van der Waals surface area contributed by atoms with Crippen LogP contribution in [0.1, 0.15) is 29.0 Å². The second kappa shape index (κ2) is 6.79. The highest BCUT2D eigenvalue weighted by atomic mass is 16.4. The molecule has 1 aliphatic heterocycles. The van der Waals surface area contributed by atoms with Crippen LogP contribution in [0.2, 0.25) is 0 Å². The lowest BCUT2D eigenvalue weighted by molar-refractivity contribution is -0.143. The molecule has 1 aliphatic rings. The third-order valence-corrected chi connectivity index (χ3v) is 4.99. The summed E-state index contributed by atoms with van der Waals surface area (Å²) in [6.07, 6.45) is 2.97. The van der Waals surface area contributed by atoms with Crippen LogP contribution in [-0.2, 0) is 4.79 Å². The topological polar surface area (TPSA) is 101 Å². The number of hydrogen-bond acceptors (Lipinski definition) is 5. The van der Waals surface area contributed by atoms with E-state index in [1.54, 1.807) is 22.7 Å². The molecular formula is C19H19N5O3. The maximum atomic E-state index is 12.9. The van der Waals surface area contributed by atoms with Gasteiger partial charge in [-0.15, -0.1) is 5.10 Å². The number of benzene rings is 1. The van der Waals surface area contributed by atoms with Gasteiger partial charge in [0.05, 0.1) is 22.8 Å². The highest BCUT2D eigenvalue weighted by molar-refractivity contribution is 5.94. The molecule has 0 bridgehead atoms. The minimum Gasteiger partial charge on any atom is -0.481 e. The smallest absolute Gasteiger partial charge is 0.308 e. The summed E-state index contributed by atoms with van der Waals surface area (Å²) in [5.41, 5.74) is 2.37. The maximum absolute atomic E-state index is 12.9. The van der Waals surface area contributed by atoms with Crippen LogP contribution in [0.4, 0.5) is 0 Å². The molecule has 0 spiro atoms. The van der Waals surface area contributed by atoms with Gasteiger partial charge < -0.3 is 10.0 Å². The van der Waals surface area contributed by atoms with Crippen molar-refractivity contribution in [3.8, 4) is 5.69 Å². The molecule has 1 aromatic carbocycles. The van der Waals surface area contributed by atoms with Crippen molar-refractivity contribution >= 4 is 22.8 Å². The Balaban J connectivity index is 1.68. The molecule has 2 aromatic heterocycles. The van der Waals surface area contributed by atoms with Crippen molar-refractivity contribution < 1.29 is 14.7 Å². The Bertz CT molecular complexity index is 1020. The van der Waals surface area contributed by atoms with Gasteiger partial charge in [0.2, 0.25) is 0 Å². The molecule has 3 heterocycles. The monoisotopic (exact) mass is 365 g/mol. The lowest BCUT2D eigenvalue weighted by Gasteiger charge is -2.30. The number of likely N-dealkylation sites (tertiary alicyclic amines) is 1. The fraction of sp³-hybridized carbons (Fsp3) is 0.316. The van der Waals surface area contributed by atoms with Crippen molar-refractivity contribution in [1.82, 2.24) is 24.9 Å². The number of aliphatic carboxylic acids is 1. The van der Waals surface area contributed by atoms with Gasteiger partial charge in [0.1, 0.15) is 0 Å². The molecule has 4 rings (SSSR count). The number of nitrogens with zero attached hydrogens (tertiary/aromatic N) is 5. The van der Waals surface area contributed by atoms with E-state index in [2.05, 4.69) is 15.3 Å². The molecule has 8 heteroatoms. The maximum Gasteiger partial charge on any atom is 0.308 e. The number of hydrogen-bond donors (Lipinski definition) is 1. The fourth-order valence-electron chi connectivity index (χ4n) is 3.53. The normalized spacial score (nSPS) is 17.2. The number of para-hydroxylation sites is 1. The summed E-state index contributed by atoms with van der Waals surface area (Å²) in [4.78, 5) is 30.1. The first kappa shape index (κ1) is 17.1. The van der Waals surface area contributed by atoms with E-state index in [9.17, 15) is 14.7 Å². The van der Waals surface area contributed by atoms with Gasteiger partial charge >= 0.3 is 5.97 Å². The Morgan fingerprint density at radius 1 is 1.22 bits per heavy atom. The van der Waals surface area contributed by atoms with Crippen LogP contribution in [0.5, 0.6) is 0 Å². The van der Waals surface area contributed by atoms with Gasteiger partial charge in [0.25, 0.3) is 5.91 Å². The Morgan fingerprint density at radius 2 is 2.04 bits per heavy atom. The van der Waals surface area contributed by atoms with E-state index < -0.39 is 11.9 Å². The van der Waals surface area contributed by atoms with Crippen LogP contribution in [0.15, 0.2) is 36.5 Å². The molecular weight excluding hydrogens is 346 g/mol. The van der Waals surface area contributed by atoms with Crippen molar-refractivity contribution in [1.29, 1.82) is 0 Å². The number of carboxylic acids is 1. The van der Waals surface area contributed by atoms with E-state index in [1.165, 1.54) is 0 Å². The zero-order chi connectivity index (χ0) is 19.0. The second-order valence-electron chi connectivity index (χ2n) is 6.72. The van der Waals surface area contributed by atoms with E-state index in [-0.39, 0.29) is 18.1 Å².